The Kier molecular flexibility index (Phi) is 11.5. The lowest BCUT2D eigenvalue weighted by Gasteiger charge is -2.15. The zero-order valence-electron chi connectivity index (χ0n) is 13.0. The number of anilines is 1. The van der Waals surface area contributed by atoms with E-state index >= 15 is 0 Å². The summed E-state index contributed by atoms with van der Waals surface area (Å²) in [4.78, 5) is 11.9. The van der Waals surface area contributed by atoms with Crippen molar-refractivity contribution in [1.82, 2.24) is 0 Å². The Morgan fingerprint density at radius 3 is 2.64 bits per heavy atom. The van der Waals surface area contributed by atoms with Crippen molar-refractivity contribution in [3.05, 3.63) is 24.3 Å². The Balaban J connectivity index is 0.00000441. The van der Waals surface area contributed by atoms with Gasteiger partial charge in [0.15, 0.2) is 0 Å². The monoisotopic (exact) mass is 332 g/mol. The molecule has 0 heterocycles. The second-order valence-corrected chi connectivity index (χ2v) is 4.54. The van der Waals surface area contributed by atoms with E-state index in [0.29, 0.717) is 31.2 Å². The molecule has 22 heavy (non-hydrogen) atoms. The number of halogens is 1. The van der Waals surface area contributed by atoms with E-state index in [-0.39, 0.29) is 30.8 Å². The van der Waals surface area contributed by atoms with Crippen LogP contribution in [0.15, 0.2) is 24.3 Å². The van der Waals surface area contributed by atoms with E-state index in [1.54, 1.807) is 13.2 Å². The fourth-order valence-corrected chi connectivity index (χ4v) is 1.75. The molecule has 0 aliphatic rings. The number of amides is 1. The molecule has 0 aromatic heterocycles. The first-order valence-corrected chi connectivity index (χ1v) is 6.94. The van der Waals surface area contributed by atoms with Gasteiger partial charge in [0.25, 0.3) is 0 Å². The number of benzene rings is 1. The second-order valence-electron chi connectivity index (χ2n) is 4.54. The number of hydrogen-bond acceptors (Lipinski definition) is 5. The smallest absolute Gasteiger partial charge is 0.227 e. The summed E-state index contributed by atoms with van der Waals surface area (Å²) >= 11 is 0. The van der Waals surface area contributed by atoms with Gasteiger partial charge in [0.05, 0.1) is 24.8 Å². The van der Waals surface area contributed by atoms with Crippen LogP contribution in [0.1, 0.15) is 12.8 Å². The molecule has 7 heteroatoms. The predicted octanol–water partition coefficient (Wildman–Crippen LogP) is 1.83. The average Bonchev–Trinajstić information content (AvgIpc) is 2.50. The molecule has 1 aromatic rings. The van der Waals surface area contributed by atoms with Gasteiger partial charge >= 0.3 is 0 Å². The minimum Gasteiger partial charge on any atom is -0.491 e. The normalized spacial score (nSPS) is 11.4. The number of nitrogens with two attached hydrogens (primary N) is 1. The number of methoxy groups -OCH3 is 2. The molecule has 0 saturated heterocycles. The average molecular weight is 333 g/mol. The molecule has 1 rings (SSSR count). The molecule has 0 aliphatic heterocycles. The maximum absolute atomic E-state index is 11.9. The van der Waals surface area contributed by atoms with E-state index in [0.717, 1.165) is 6.42 Å². The van der Waals surface area contributed by atoms with Crippen LogP contribution in [0.4, 0.5) is 5.69 Å². The third-order valence-electron chi connectivity index (χ3n) is 2.92. The van der Waals surface area contributed by atoms with E-state index in [1.165, 1.54) is 7.11 Å². The highest BCUT2D eigenvalue weighted by Crippen LogP contribution is 2.24. The van der Waals surface area contributed by atoms with Gasteiger partial charge < -0.3 is 25.3 Å². The highest BCUT2D eigenvalue weighted by atomic mass is 35.5. The van der Waals surface area contributed by atoms with Crippen LogP contribution in [0.2, 0.25) is 0 Å². The van der Waals surface area contributed by atoms with E-state index in [9.17, 15) is 4.79 Å². The lowest BCUT2D eigenvalue weighted by molar-refractivity contribution is -0.118. The van der Waals surface area contributed by atoms with Gasteiger partial charge in [0.2, 0.25) is 5.91 Å². The first kappa shape index (κ1) is 20.7. The van der Waals surface area contributed by atoms with Crippen molar-refractivity contribution in [3.63, 3.8) is 0 Å². The van der Waals surface area contributed by atoms with Gasteiger partial charge in [0.1, 0.15) is 5.75 Å². The number of para-hydroxylation sites is 2. The maximum Gasteiger partial charge on any atom is 0.227 e. The summed E-state index contributed by atoms with van der Waals surface area (Å²) < 4.78 is 15.7. The second kappa shape index (κ2) is 12.2. The van der Waals surface area contributed by atoms with Crippen LogP contribution in [0.5, 0.6) is 5.75 Å². The van der Waals surface area contributed by atoms with Crippen molar-refractivity contribution in [2.75, 3.05) is 39.3 Å². The molecule has 1 unspecified atom stereocenters. The van der Waals surface area contributed by atoms with E-state index < -0.39 is 0 Å². The molecule has 6 nitrogen and oxygen atoms in total. The molecular weight excluding hydrogens is 308 g/mol. The van der Waals surface area contributed by atoms with Crippen LogP contribution >= 0.6 is 12.4 Å². The Morgan fingerprint density at radius 1 is 1.27 bits per heavy atom. The Hall–Kier alpha value is -1.34. The lowest BCUT2D eigenvalue weighted by Crippen LogP contribution is -2.28. The number of carbonyl (C=O) groups excluding carboxylic acids is 1. The Bertz CT molecular complexity index is 428. The summed E-state index contributed by atoms with van der Waals surface area (Å²) in [6, 6.07) is 7.32. The quantitative estimate of drug-likeness (QED) is 0.639. The first-order valence-electron chi connectivity index (χ1n) is 6.94. The van der Waals surface area contributed by atoms with Crippen molar-refractivity contribution < 1.29 is 19.0 Å². The number of ether oxygens (including phenoxy) is 3. The van der Waals surface area contributed by atoms with Gasteiger partial charge in [-0.1, -0.05) is 12.1 Å². The summed E-state index contributed by atoms with van der Waals surface area (Å²) in [6.45, 7) is 1.48. The fourth-order valence-electron chi connectivity index (χ4n) is 1.75. The minimum atomic E-state index is -0.278. The first-order chi connectivity index (χ1) is 10.2. The molecule has 1 aromatic carbocycles. The van der Waals surface area contributed by atoms with Gasteiger partial charge in [-0.25, -0.2) is 0 Å². The minimum absolute atomic E-state index is 0. The van der Waals surface area contributed by atoms with E-state index in [1.807, 2.05) is 18.2 Å². The highest BCUT2D eigenvalue weighted by molar-refractivity contribution is 5.92. The molecule has 0 aliphatic carbocycles. The molecular formula is C15H25ClN2O4. The van der Waals surface area contributed by atoms with Crippen LogP contribution in [-0.2, 0) is 14.3 Å². The van der Waals surface area contributed by atoms with Crippen LogP contribution in [0, 0.1) is 0 Å². The number of nitrogens with one attached hydrogen (secondary N) is 1. The molecule has 1 amide bonds. The van der Waals surface area contributed by atoms with Crippen LogP contribution < -0.4 is 15.8 Å². The SMILES string of the molecule is COCCCOc1ccccc1NC(=O)CC(CN)OC.Cl. The molecule has 3 N–H and O–H groups in total. The molecule has 0 fully saturated rings. The van der Waals surface area contributed by atoms with Crippen LogP contribution in [0.3, 0.4) is 0 Å². The molecule has 0 bridgehead atoms. The van der Waals surface area contributed by atoms with Crippen molar-refractivity contribution >= 4 is 24.0 Å². The highest BCUT2D eigenvalue weighted by Gasteiger charge is 2.13. The Morgan fingerprint density at radius 2 is 2.00 bits per heavy atom. The lowest BCUT2D eigenvalue weighted by atomic mass is 10.2. The fraction of sp³-hybridized carbons (Fsp3) is 0.533. The topological polar surface area (TPSA) is 82.8 Å². The summed E-state index contributed by atoms with van der Waals surface area (Å²) in [7, 11) is 3.19. The number of rotatable bonds is 10. The van der Waals surface area contributed by atoms with Gasteiger partial charge in [0, 0.05) is 33.8 Å². The van der Waals surface area contributed by atoms with Crippen LogP contribution in [-0.4, -0.2) is 46.0 Å². The van der Waals surface area contributed by atoms with Crippen molar-refractivity contribution in [1.29, 1.82) is 0 Å². The number of hydrogen-bond donors (Lipinski definition) is 2. The molecule has 0 spiro atoms. The van der Waals surface area contributed by atoms with Gasteiger partial charge in [-0.2, -0.15) is 0 Å². The van der Waals surface area contributed by atoms with Crippen molar-refractivity contribution in [2.24, 2.45) is 5.73 Å². The zero-order chi connectivity index (χ0) is 15.5. The zero-order valence-corrected chi connectivity index (χ0v) is 13.9. The number of carbonyl (C=O) groups is 1. The van der Waals surface area contributed by atoms with Gasteiger partial charge in [-0.3, -0.25) is 4.79 Å². The summed E-state index contributed by atoms with van der Waals surface area (Å²) in [5.74, 6) is 0.490. The standard InChI is InChI=1S/C15H24N2O4.ClH/c1-19-8-5-9-21-14-7-4-3-6-13(14)17-15(18)10-12(11-16)20-2;/h3-4,6-7,12H,5,8-11,16H2,1-2H3,(H,17,18);1H. The summed E-state index contributed by atoms with van der Waals surface area (Å²) in [6.07, 6.45) is 0.725. The molecule has 126 valence electrons. The molecule has 0 saturated carbocycles. The largest absolute Gasteiger partial charge is 0.491 e. The van der Waals surface area contributed by atoms with Crippen LogP contribution in [0.25, 0.3) is 0 Å². The van der Waals surface area contributed by atoms with Gasteiger partial charge in [-0.05, 0) is 12.1 Å². The Labute approximate surface area is 137 Å². The van der Waals surface area contributed by atoms with E-state index in [4.69, 9.17) is 19.9 Å². The summed E-state index contributed by atoms with van der Waals surface area (Å²) in [5, 5.41) is 2.82. The third-order valence-corrected chi connectivity index (χ3v) is 2.92. The van der Waals surface area contributed by atoms with E-state index in [2.05, 4.69) is 5.32 Å². The van der Waals surface area contributed by atoms with Crippen molar-refractivity contribution in [2.45, 2.75) is 18.9 Å². The molecule has 1 atom stereocenters. The maximum atomic E-state index is 11.9. The summed E-state index contributed by atoms with van der Waals surface area (Å²) in [5.41, 5.74) is 6.15. The third kappa shape index (κ3) is 7.61. The van der Waals surface area contributed by atoms with Crippen molar-refractivity contribution in [3.8, 4) is 5.75 Å². The van der Waals surface area contributed by atoms with Gasteiger partial charge in [-0.15, -0.1) is 12.4 Å². The predicted molar refractivity (Wildman–Crippen MR) is 88.8 cm³/mol. The molecule has 0 radical (unpaired) electrons.